The van der Waals surface area contributed by atoms with Crippen LogP contribution in [0.15, 0.2) is 22.5 Å². The number of guanidine groups is 1. The maximum atomic E-state index is 11.9. The van der Waals surface area contributed by atoms with Crippen molar-refractivity contribution in [2.24, 2.45) is 4.99 Å². The predicted molar refractivity (Wildman–Crippen MR) is 128 cm³/mol. The third-order valence-corrected chi connectivity index (χ3v) is 8.67. The summed E-state index contributed by atoms with van der Waals surface area (Å²) in [5, 5.41) is 8.79. The Morgan fingerprint density at radius 2 is 2.04 bits per heavy atom. The van der Waals surface area contributed by atoms with Crippen molar-refractivity contribution in [2.45, 2.75) is 50.9 Å². The molecule has 6 nitrogen and oxygen atoms in total. The molecule has 1 aromatic rings. The Kier molecular flexibility index (Phi) is 9.49. The smallest absolute Gasteiger partial charge is 0.214 e. The van der Waals surface area contributed by atoms with E-state index in [1.54, 1.807) is 4.31 Å². The van der Waals surface area contributed by atoms with Gasteiger partial charge >= 0.3 is 0 Å². The Bertz CT molecular complexity index is 716. The van der Waals surface area contributed by atoms with Crippen LogP contribution in [0.4, 0.5) is 0 Å². The summed E-state index contributed by atoms with van der Waals surface area (Å²) in [6.07, 6.45) is 6.98. The summed E-state index contributed by atoms with van der Waals surface area (Å²) in [5.41, 5.74) is 0.160. The van der Waals surface area contributed by atoms with E-state index in [-0.39, 0.29) is 35.1 Å². The van der Waals surface area contributed by atoms with Crippen molar-refractivity contribution in [1.82, 2.24) is 14.9 Å². The van der Waals surface area contributed by atoms with Gasteiger partial charge in [0.15, 0.2) is 5.96 Å². The van der Waals surface area contributed by atoms with Crippen molar-refractivity contribution < 1.29 is 8.42 Å². The van der Waals surface area contributed by atoms with Gasteiger partial charge in [0, 0.05) is 36.5 Å². The van der Waals surface area contributed by atoms with Crippen LogP contribution in [0.3, 0.4) is 0 Å². The summed E-state index contributed by atoms with van der Waals surface area (Å²) >= 11 is 1.84. The van der Waals surface area contributed by atoms with E-state index in [9.17, 15) is 8.42 Å². The van der Waals surface area contributed by atoms with E-state index in [2.05, 4.69) is 35.1 Å². The molecule has 2 aliphatic rings. The van der Waals surface area contributed by atoms with Gasteiger partial charge in [-0.25, -0.2) is 12.7 Å². The van der Waals surface area contributed by atoms with Crippen LogP contribution >= 0.6 is 35.3 Å². The SMILES string of the molecule is CCNC(=NCC1(c2cccs2)CCCCC1)NCCN1CCCS1(=O)=O.I. The highest BCUT2D eigenvalue weighted by Gasteiger charge is 2.34. The van der Waals surface area contributed by atoms with E-state index in [1.165, 1.54) is 37.0 Å². The molecular weight excluding hydrogens is 507 g/mol. The third-order valence-electron chi connectivity index (χ3n) is 5.60. The van der Waals surface area contributed by atoms with Gasteiger partial charge in [-0.05, 0) is 37.6 Å². The predicted octanol–water partition coefficient (Wildman–Crippen LogP) is 3.16. The molecule has 0 spiro atoms. The van der Waals surface area contributed by atoms with Crippen molar-refractivity contribution in [3.63, 3.8) is 0 Å². The van der Waals surface area contributed by atoms with Gasteiger partial charge in [-0.15, -0.1) is 35.3 Å². The van der Waals surface area contributed by atoms with Gasteiger partial charge in [0.25, 0.3) is 0 Å². The third kappa shape index (κ3) is 6.06. The lowest BCUT2D eigenvalue weighted by Gasteiger charge is -2.35. The summed E-state index contributed by atoms with van der Waals surface area (Å²) < 4.78 is 25.4. The summed E-state index contributed by atoms with van der Waals surface area (Å²) in [5.74, 6) is 1.07. The maximum absolute atomic E-state index is 11.9. The minimum atomic E-state index is -3.03. The average molecular weight is 541 g/mol. The molecule has 2 N–H and O–H groups in total. The van der Waals surface area contributed by atoms with E-state index in [1.807, 2.05) is 11.3 Å². The van der Waals surface area contributed by atoms with E-state index in [4.69, 9.17) is 4.99 Å². The molecule has 1 saturated carbocycles. The summed E-state index contributed by atoms with van der Waals surface area (Å²) in [4.78, 5) is 6.35. The van der Waals surface area contributed by atoms with Crippen LogP contribution in [-0.2, 0) is 15.4 Å². The van der Waals surface area contributed by atoms with Crippen molar-refractivity contribution in [2.75, 3.05) is 38.5 Å². The number of halogens is 1. The molecular formula is C19H33IN4O2S2. The van der Waals surface area contributed by atoms with Gasteiger partial charge in [0.2, 0.25) is 10.0 Å². The molecule has 1 aromatic heterocycles. The first kappa shape index (κ1) is 23.9. The number of nitrogens with zero attached hydrogens (tertiary/aromatic N) is 2. The number of aliphatic imine (C=N–C) groups is 1. The van der Waals surface area contributed by atoms with Crippen LogP contribution in [0.1, 0.15) is 50.3 Å². The zero-order valence-electron chi connectivity index (χ0n) is 16.7. The van der Waals surface area contributed by atoms with Crippen LogP contribution in [0.2, 0.25) is 0 Å². The highest BCUT2D eigenvalue weighted by molar-refractivity contribution is 14.0. The second-order valence-corrected chi connectivity index (χ2v) is 10.5. The van der Waals surface area contributed by atoms with Crippen molar-refractivity contribution in [1.29, 1.82) is 0 Å². The quantitative estimate of drug-likeness (QED) is 0.317. The summed E-state index contributed by atoms with van der Waals surface area (Å²) in [6, 6.07) is 4.39. The van der Waals surface area contributed by atoms with Gasteiger partial charge in [-0.1, -0.05) is 25.3 Å². The molecule has 0 radical (unpaired) electrons. The minimum absolute atomic E-state index is 0. The van der Waals surface area contributed by atoms with Crippen molar-refractivity contribution in [3.05, 3.63) is 22.4 Å². The van der Waals surface area contributed by atoms with E-state index >= 15 is 0 Å². The van der Waals surface area contributed by atoms with Gasteiger partial charge < -0.3 is 10.6 Å². The largest absolute Gasteiger partial charge is 0.357 e. The Morgan fingerprint density at radius 3 is 2.64 bits per heavy atom. The number of rotatable bonds is 7. The fourth-order valence-electron chi connectivity index (χ4n) is 4.10. The fourth-order valence-corrected chi connectivity index (χ4v) is 6.61. The molecule has 9 heteroatoms. The van der Waals surface area contributed by atoms with Gasteiger partial charge in [-0.2, -0.15) is 0 Å². The minimum Gasteiger partial charge on any atom is -0.357 e. The lowest BCUT2D eigenvalue weighted by atomic mass is 9.73. The average Bonchev–Trinajstić information content (AvgIpc) is 3.31. The lowest BCUT2D eigenvalue weighted by Crippen LogP contribution is -2.43. The molecule has 1 aliphatic carbocycles. The zero-order chi connectivity index (χ0) is 19.2. The van der Waals surface area contributed by atoms with E-state index in [0.29, 0.717) is 19.6 Å². The molecule has 3 rings (SSSR count). The molecule has 0 atom stereocenters. The Morgan fingerprint density at radius 1 is 1.25 bits per heavy atom. The first-order valence-electron chi connectivity index (χ1n) is 10.1. The van der Waals surface area contributed by atoms with Crippen LogP contribution < -0.4 is 10.6 Å². The van der Waals surface area contributed by atoms with Gasteiger partial charge in [0.1, 0.15) is 0 Å². The Balaban J connectivity index is 0.00000280. The standard InChI is InChI=1S/C19H32N4O2S2.HI/c1-2-20-18(21-11-13-23-12-7-15-27(23,24)25)22-16-19(9-4-3-5-10-19)17-8-6-14-26-17;/h6,8,14H,2-5,7,9-13,15-16H2,1H3,(H2,20,21,22);1H. The topological polar surface area (TPSA) is 73.8 Å². The molecule has 28 heavy (non-hydrogen) atoms. The number of hydrogen-bond acceptors (Lipinski definition) is 4. The first-order valence-corrected chi connectivity index (χ1v) is 12.6. The molecule has 1 saturated heterocycles. The van der Waals surface area contributed by atoms with Crippen LogP contribution in [0.25, 0.3) is 0 Å². The second kappa shape index (κ2) is 11.1. The zero-order valence-corrected chi connectivity index (χ0v) is 20.6. The van der Waals surface area contributed by atoms with Gasteiger partial charge in [-0.3, -0.25) is 4.99 Å². The molecule has 2 heterocycles. The lowest BCUT2D eigenvalue weighted by molar-refractivity contribution is 0.306. The normalized spacial score (nSPS) is 21.8. The second-order valence-electron chi connectivity index (χ2n) is 7.51. The molecule has 0 bridgehead atoms. The number of sulfonamides is 1. The van der Waals surface area contributed by atoms with Gasteiger partial charge in [0.05, 0.1) is 12.3 Å². The van der Waals surface area contributed by atoms with E-state index in [0.717, 1.165) is 25.5 Å². The van der Waals surface area contributed by atoms with Crippen LogP contribution in [0.5, 0.6) is 0 Å². The number of thiophene rings is 1. The monoisotopic (exact) mass is 540 g/mol. The van der Waals surface area contributed by atoms with E-state index < -0.39 is 10.0 Å². The van der Waals surface area contributed by atoms with Crippen LogP contribution in [0, 0.1) is 0 Å². The highest BCUT2D eigenvalue weighted by Crippen LogP contribution is 2.41. The van der Waals surface area contributed by atoms with Crippen molar-refractivity contribution in [3.8, 4) is 0 Å². The Labute approximate surface area is 190 Å². The number of hydrogen-bond donors (Lipinski definition) is 2. The summed E-state index contributed by atoms with van der Waals surface area (Å²) in [6.45, 7) is 5.35. The highest BCUT2D eigenvalue weighted by atomic mass is 127. The molecule has 0 amide bonds. The Hall–Kier alpha value is -0.390. The fraction of sp³-hybridized carbons (Fsp3) is 0.737. The molecule has 2 fully saturated rings. The molecule has 0 aromatic carbocycles. The molecule has 0 unspecified atom stereocenters. The first-order chi connectivity index (χ1) is 13.1. The molecule has 160 valence electrons. The number of nitrogens with one attached hydrogen (secondary N) is 2. The van der Waals surface area contributed by atoms with Crippen LogP contribution in [-0.4, -0.2) is 57.2 Å². The summed E-state index contributed by atoms with van der Waals surface area (Å²) in [7, 11) is -3.03. The molecule has 1 aliphatic heterocycles. The maximum Gasteiger partial charge on any atom is 0.214 e. The van der Waals surface area contributed by atoms with Crippen molar-refractivity contribution >= 4 is 51.3 Å².